The van der Waals surface area contributed by atoms with Gasteiger partial charge in [0.25, 0.3) is 0 Å². The van der Waals surface area contributed by atoms with Crippen molar-refractivity contribution in [2.75, 3.05) is 0 Å². The molecule has 110 valence electrons. The number of aliphatic hydroxyl groups excluding tert-OH is 1. The van der Waals surface area contributed by atoms with Crippen LogP contribution in [0.25, 0.3) is 0 Å². The molecule has 1 N–H and O–H groups in total. The van der Waals surface area contributed by atoms with Crippen LogP contribution in [0.5, 0.6) is 11.5 Å². The molecule has 0 radical (unpaired) electrons. The smallest absolute Gasteiger partial charge is 0.311 e. The van der Waals surface area contributed by atoms with Gasteiger partial charge < -0.3 is 9.84 Å². The summed E-state index contributed by atoms with van der Waals surface area (Å²) in [5.41, 5.74) is 0.410. The molecule has 5 nitrogen and oxygen atoms in total. The van der Waals surface area contributed by atoms with E-state index in [2.05, 4.69) is 0 Å². The van der Waals surface area contributed by atoms with Crippen molar-refractivity contribution in [3.63, 3.8) is 0 Å². The van der Waals surface area contributed by atoms with E-state index in [1.54, 1.807) is 24.3 Å². The largest absolute Gasteiger partial charge is 0.450 e. The van der Waals surface area contributed by atoms with E-state index in [9.17, 15) is 19.6 Å². The summed E-state index contributed by atoms with van der Waals surface area (Å²) in [6, 6.07) is 9.49. The first-order valence-electron chi connectivity index (χ1n) is 6.41. The third-order valence-electron chi connectivity index (χ3n) is 3.00. The third kappa shape index (κ3) is 3.55. The average molecular weight is 291 g/mol. The number of ether oxygens (including phenoxy) is 1. The molecule has 0 fully saturated rings. The van der Waals surface area contributed by atoms with Crippen molar-refractivity contribution >= 4 is 5.69 Å². The Morgan fingerprint density at radius 1 is 1.29 bits per heavy atom. The van der Waals surface area contributed by atoms with Gasteiger partial charge >= 0.3 is 5.69 Å². The molecule has 2 rings (SSSR count). The summed E-state index contributed by atoms with van der Waals surface area (Å²) in [5, 5.41) is 20.6. The van der Waals surface area contributed by atoms with Gasteiger partial charge in [-0.25, -0.2) is 4.39 Å². The lowest BCUT2D eigenvalue weighted by Crippen LogP contribution is -1.96. The first-order valence-corrected chi connectivity index (χ1v) is 6.41. The maximum absolute atomic E-state index is 13.2. The van der Waals surface area contributed by atoms with Crippen LogP contribution in [-0.2, 0) is 0 Å². The molecule has 0 saturated heterocycles. The molecule has 0 bridgehead atoms. The average Bonchev–Trinajstić information content (AvgIpc) is 2.47. The SMILES string of the molecule is CC[C@H](O)c1ccc(Oc2cc(F)ccc2[N+](=O)[O-])cc1. The summed E-state index contributed by atoms with van der Waals surface area (Å²) in [5.74, 6) is -0.451. The predicted molar refractivity (Wildman–Crippen MR) is 74.8 cm³/mol. The molecule has 0 unspecified atom stereocenters. The van der Waals surface area contributed by atoms with Gasteiger partial charge in [0.1, 0.15) is 11.6 Å². The molecule has 0 amide bonds. The molecular formula is C15H14FNO4. The van der Waals surface area contributed by atoms with Crippen LogP contribution in [0.1, 0.15) is 25.0 Å². The summed E-state index contributed by atoms with van der Waals surface area (Å²) >= 11 is 0. The van der Waals surface area contributed by atoms with E-state index in [1.165, 1.54) is 0 Å². The fourth-order valence-electron chi connectivity index (χ4n) is 1.84. The monoisotopic (exact) mass is 291 g/mol. The van der Waals surface area contributed by atoms with Gasteiger partial charge in [0.15, 0.2) is 0 Å². The van der Waals surface area contributed by atoms with Gasteiger partial charge in [-0.15, -0.1) is 0 Å². The Bertz CT molecular complexity index is 643. The Kier molecular flexibility index (Phi) is 4.49. The van der Waals surface area contributed by atoms with E-state index in [-0.39, 0.29) is 11.4 Å². The number of nitro groups is 1. The molecular weight excluding hydrogens is 277 g/mol. The van der Waals surface area contributed by atoms with Gasteiger partial charge in [-0.1, -0.05) is 19.1 Å². The zero-order valence-corrected chi connectivity index (χ0v) is 11.3. The lowest BCUT2D eigenvalue weighted by atomic mass is 10.1. The highest BCUT2D eigenvalue weighted by Gasteiger charge is 2.16. The Labute approximate surface area is 120 Å². The molecule has 0 aromatic heterocycles. The molecule has 0 saturated carbocycles. The molecule has 6 heteroatoms. The third-order valence-corrected chi connectivity index (χ3v) is 3.00. The lowest BCUT2D eigenvalue weighted by Gasteiger charge is -2.10. The molecule has 0 aliphatic heterocycles. The number of hydrogen-bond acceptors (Lipinski definition) is 4. The molecule has 2 aromatic carbocycles. The van der Waals surface area contributed by atoms with Gasteiger partial charge in [0.05, 0.1) is 11.0 Å². The van der Waals surface area contributed by atoms with E-state index in [0.29, 0.717) is 12.2 Å². The van der Waals surface area contributed by atoms with Crippen molar-refractivity contribution in [3.8, 4) is 11.5 Å². The highest BCUT2D eigenvalue weighted by molar-refractivity contribution is 5.48. The number of nitrogens with zero attached hydrogens (tertiary/aromatic N) is 1. The zero-order valence-electron chi connectivity index (χ0n) is 11.3. The maximum Gasteiger partial charge on any atom is 0.311 e. The Morgan fingerprint density at radius 3 is 2.52 bits per heavy atom. The second-order valence-corrected chi connectivity index (χ2v) is 4.46. The van der Waals surface area contributed by atoms with Crippen molar-refractivity contribution in [3.05, 3.63) is 64.0 Å². The van der Waals surface area contributed by atoms with Crippen LogP contribution in [0.4, 0.5) is 10.1 Å². The predicted octanol–water partition coefficient (Wildman–Crippen LogP) is 3.97. The standard InChI is InChI=1S/C15H14FNO4/c1-2-14(18)10-3-6-12(7-4-10)21-15-9-11(16)5-8-13(15)17(19)20/h3-9,14,18H,2H2,1H3/t14-/m0/s1. The number of aliphatic hydroxyl groups is 1. The molecule has 0 aliphatic carbocycles. The molecule has 0 spiro atoms. The van der Waals surface area contributed by atoms with Crippen molar-refractivity contribution in [1.29, 1.82) is 0 Å². The second-order valence-electron chi connectivity index (χ2n) is 4.46. The van der Waals surface area contributed by atoms with E-state index < -0.39 is 16.8 Å². The van der Waals surface area contributed by atoms with Crippen LogP contribution in [0.15, 0.2) is 42.5 Å². The molecule has 21 heavy (non-hydrogen) atoms. The van der Waals surface area contributed by atoms with Gasteiger partial charge in [-0.2, -0.15) is 0 Å². The summed E-state index contributed by atoms with van der Waals surface area (Å²) in [7, 11) is 0. The number of nitro benzene ring substituents is 1. The zero-order chi connectivity index (χ0) is 15.4. The molecule has 1 atom stereocenters. The first-order chi connectivity index (χ1) is 10.0. The van der Waals surface area contributed by atoms with E-state index in [0.717, 1.165) is 23.8 Å². The second kappa shape index (κ2) is 6.32. The van der Waals surface area contributed by atoms with Crippen LogP contribution in [0, 0.1) is 15.9 Å². The van der Waals surface area contributed by atoms with Gasteiger partial charge in [-0.3, -0.25) is 10.1 Å². The summed E-state index contributed by atoms with van der Waals surface area (Å²) in [4.78, 5) is 10.2. The Hall–Kier alpha value is -2.47. The normalized spacial score (nSPS) is 12.0. The number of rotatable bonds is 5. The van der Waals surface area contributed by atoms with E-state index >= 15 is 0 Å². The summed E-state index contributed by atoms with van der Waals surface area (Å²) in [6.45, 7) is 1.85. The molecule has 2 aromatic rings. The highest BCUT2D eigenvalue weighted by atomic mass is 19.1. The van der Waals surface area contributed by atoms with Crippen molar-refractivity contribution < 1.29 is 19.2 Å². The fraction of sp³-hybridized carbons (Fsp3) is 0.200. The highest BCUT2D eigenvalue weighted by Crippen LogP contribution is 2.32. The van der Waals surface area contributed by atoms with Gasteiger partial charge in [-0.05, 0) is 30.2 Å². The Morgan fingerprint density at radius 2 is 1.95 bits per heavy atom. The Balaban J connectivity index is 2.26. The number of halogens is 1. The van der Waals surface area contributed by atoms with Crippen molar-refractivity contribution in [2.24, 2.45) is 0 Å². The van der Waals surface area contributed by atoms with Crippen molar-refractivity contribution in [2.45, 2.75) is 19.4 Å². The van der Waals surface area contributed by atoms with Crippen molar-refractivity contribution in [1.82, 2.24) is 0 Å². The first kappa shape index (κ1) is 14.9. The molecule has 0 aliphatic rings. The minimum atomic E-state index is -0.635. The van der Waals surface area contributed by atoms with Gasteiger partial charge in [0, 0.05) is 12.1 Å². The van der Waals surface area contributed by atoms with Crippen LogP contribution < -0.4 is 4.74 Å². The van der Waals surface area contributed by atoms with Crippen LogP contribution >= 0.6 is 0 Å². The van der Waals surface area contributed by atoms with Crippen LogP contribution in [0.2, 0.25) is 0 Å². The summed E-state index contributed by atoms with van der Waals surface area (Å²) < 4.78 is 18.6. The minimum Gasteiger partial charge on any atom is -0.450 e. The fourth-order valence-corrected chi connectivity index (χ4v) is 1.84. The lowest BCUT2D eigenvalue weighted by molar-refractivity contribution is -0.385. The minimum absolute atomic E-state index is 0.163. The van der Waals surface area contributed by atoms with Crippen LogP contribution in [0.3, 0.4) is 0 Å². The molecule has 0 heterocycles. The topological polar surface area (TPSA) is 72.6 Å². The maximum atomic E-state index is 13.2. The number of benzene rings is 2. The van der Waals surface area contributed by atoms with Crippen LogP contribution in [-0.4, -0.2) is 10.0 Å². The number of hydrogen-bond donors (Lipinski definition) is 1. The van der Waals surface area contributed by atoms with Gasteiger partial charge in [0.2, 0.25) is 5.75 Å². The van der Waals surface area contributed by atoms with E-state index in [1.807, 2.05) is 6.92 Å². The quantitative estimate of drug-likeness (QED) is 0.668. The summed E-state index contributed by atoms with van der Waals surface area (Å²) in [6.07, 6.45) is 0.0119. The van der Waals surface area contributed by atoms with E-state index in [4.69, 9.17) is 4.74 Å².